The maximum Gasteiger partial charge on any atom is 0.303 e. The molecule has 0 aromatic carbocycles. The molecule has 0 aliphatic heterocycles. The van der Waals surface area contributed by atoms with Crippen LogP contribution >= 0.6 is 11.6 Å². The van der Waals surface area contributed by atoms with Crippen LogP contribution in [-0.4, -0.2) is 26.6 Å². The van der Waals surface area contributed by atoms with Crippen molar-refractivity contribution in [3.63, 3.8) is 0 Å². The van der Waals surface area contributed by atoms with Gasteiger partial charge in [0.15, 0.2) is 5.15 Å². The Morgan fingerprint density at radius 1 is 1.47 bits per heavy atom. The molecule has 1 aliphatic rings. The zero-order valence-corrected chi connectivity index (χ0v) is 11.0. The van der Waals surface area contributed by atoms with E-state index in [1.807, 2.05) is 22.8 Å². The number of esters is 1. The minimum absolute atomic E-state index is 0.118. The molecule has 2 aromatic rings. The fourth-order valence-corrected chi connectivity index (χ4v) is 2.55. The highest BCUT2D eigenvalue weighted by atomic mass is 35.5. The number of fused-ring (bicyclic) bond motifs is 1. The molecule has 2 atom stereocenters. The first-order chi connectivity index (χ1) is 9.15. The van der Waals surface area contributed by atoms with Crippen LogP contribution in [0.1, 0.15) is 19.4 Å². The molecule has 3 rings (SSSR count). The number of hydrogen-bond acceptors (Lipinski definition) is 4. The number of halogens is 1. The van der Waals surface area contributed by atoms with E-state index in [0.29, 0.717) is 17.1 Å². The molecule has 0 saturated heterocycles. The summed E-state index contributed by atoms with van der Waals surface area (Å²) >= 11 is 6.00. The molecule has 5 nitrogen and oxygen atoms in total. The van der Waals surface area contributed by atoms with Crippen LogP contribution in [0.4, 0.5) is 0 Å². The van der Waals surface area contributed by atoms with Crippen molar-refractivity contribution in [1.82, 2.24) is 14.5 Å². The van der Waals surface area contributed by atoms with E-state index in [1.165, 1.54) is 6.92 Å². The van der Waals surface area contributed by atoms with Crippen LogP contribution in [0, 0.1) is 0 Å². The highest BCUT2D eigenvalue weighted by Gasteiger charge is 2.23. The van der Waals surface area contributed by atoms with E-state index in [0.717, 1.165) is 5.52 Å². The van der Waals surface area contributed by atoms with Gasteiger partial charge in [0.1, 0.15) is 11.6 Å². The number of hydrogen-bond donors (Lipinski definition) is 0. The molecule has 0 radical (unpaired) electrons. The lowest BCUT2D eigenvalue weighted by atomic mass is 10.2. The number of imidazole rings is 1. The maximum atomic E-state index is 10.9. The smallest absolute Gasteiger partial charge is 0.303 e. The molecule has 0 amide bonds. The summed E-state index contributed by atoms with van der Waals surface area (Å²) in [5.41, 5.74) is 1.62. The minimum atomic E-state index is -0.266. The van der Waals surface area contributed by atoms with Crippen molar-refractivity contribution < 1.29 is 9.53 Å². The fourth-order valence-electron chi connectivity index (χ4n) is 2.35. The zero-order valence-electron chi connectivity index (χ0n) is 10.3. The summed E-state index contributed by atoms with van der Waals surface area (Å²) < 4.78 is 7.19. The molecule has 2 heterocycles. The Labute approximate surface area is 114 Å². The number of pyridine rings is 1. The van der Waals surface area contributed by atoms with Gasteiger partial charge in [-0.05, 0) is 12.1 Å². The minimum Gasteiger partial charge on any atom is -0.458 e. The molecule has 98 valence electrons. The summed E-state index contributed by atoms with van der Waals surface area (Å²) in [6.07, 6.45) is 7.86. The Morgan fingerprint density at radius 2 is 2.32 bits per heavy atom. The van der Waals surface area contributed by atoms with Crippen molar-refractivity contribution in [2.75, 3.05) is 0 Å². The Balaban J connectivity index is 1.89. The van der Waals surface area contributed by atoms with Gasteiger partial charge in [-0.1, -0.05) is 17.7 Å². The lowest BCUT2D eigenvalue weighted by molar-refractivity contribution is -0.144. The third-order valence-corrected chi connectivity index (χ3v) is 3.42. The number of allylic oxidation sites excluding steroid dienone is 1. The number of ether oxygens (including phenoxy) is 1. The number of nitrogens with zero attached hydrogens (tertiary/aromatic N) is 3. The Morgan fingerprint density at radius 3 is 3.11 bits per heavy atom. The van der Waals surface area contributed by atoms with Crippen LogP contribution in [0.5, 0.6) is 0 Å². The third kappa shape index (κ3) is 2.21. The predicted octanol–water partition coefficient (Wildman–Crippen LogP) is 2.52. The van der Waals surface area contributed by atoms with Gasteiger partial charge >= 0.3 is 5.97 Å². The van der Waals surface area contributed by atoms with E-state index in [4.69, 9.17) is 16.3 Å². The van der Waals surface area contributed by atoms with E-state index in [-0.39, 0.29) is 18.1 Å². The summed E-state index contributed by atoms with van der Waals surface area (Å²) in [4.78, 5) is 19.2. The van der Waals surface area contributed by atoms with Crippen LogP contribution in [0.2, 0.25) is 5.15 Å². The molecule has 0 unspecified atom stereocenters. The summed E-state index contributed by atoms with van der Waals surface area (Å²) in [6, 6.07) is 1.99. The van der Waals surface area contributed by atoms with E-state index >= 15 is 0 Å². The monoisotopic (exact) mass is 277 g/mol. The first-order valence-corrected chi connectivity index (χ1v) is 6.35. The van der Waals surface area contributed by atoms with E-state index in [1.54, 1.807) is 12.5 Å². The van der Waals surface area contributed by atoms with Gasteiger partial charge < -0.3 is 9.30 Å². The number of rotatable bonds is 2. The average Bonchev–Trinajstić information content (AvgIpc) is 2.95. The molecule has 6 heteroatoms. The number of carbonyl (C=O) groups excluding carboxylic acids is 1. The molecule has 2 aromatic heterocycles. The molecule has 19 heavy (non-hydrogen) atoms. The standard InChI is InChI=1S/C13H12ClN3O2/c1-8(18)19-10-3-2-9(6-10)17-7-16-12-11(17)4-5-15-13(12)14/h2-5,7,9-10H,6H2,1H3/t9-,10+/m0/s1. The lowest BCUT2D eigenvalue weighted by Gasteiger charge is -2.14. The fraction of sp³-hybridized carbons (Fsp3) is 0.308. The van der Waals surface area contributed by atoms with E-state index < -0.39 is 0 Å². The van der Waals surface area contributed by atoms with E-state index in [9.17, 15) is 4.79 Å². The van der Waals surface area contributed by atoms with Gasteiger partial charge in [0.25, 0.3) is 0 Å². The molecule has 1 aliphatic carbocycles. The van der Waals surface area contributed by atoms with Crippen molar-refractivity contribution in [3.8, 4) is 0 Å². The SMILES string of the molecule is CC(=O)O[C@@H]1C=C[C@H](n2cnc3c(Cl)nccc32)C1. The first kappa shape index (κ1) is 12.2. The quantitative estimate of drug-likeness (QED) is 0.481. The predicted molar refractivity (Wildman–Crippen MR) is 70.9 cm³/mol. The normalized spacial score (nSPS) is 22.0. The molecule has 0 fully saturated rings. The molecular formula is C13H12ClN3O2. The van der Waals surface area contributed by atoms with Gasteiger partial charge in [-0.2, -0.15) is 0 Å². The van der Waals surface area contributed by atoms with Crippen molar-refractivity contribution >= 4 is 28.6 Å². The van der Waals surface area contributed by atoms with Gasteiger partial charge in [-0.25, -0.2) is 9.97 Å². The second kappa shape index (κ2) is 4.66. The summed E-state index contributed by atoms with van der Waals surface area (Å²) in [6.45, 7) is 1.42. The third-order valence-electron chi connectivity index (χ3n) is 3.14. The van der Waals surface area contributed by atoms with Gasteiger partial charge in [0.05, 0.1) is 17.9 Å². The van der Waals surface area contributed by atoms with Crippen molar-refractivity contribution in [2.45, 2.75) is 25.5 Å². The Hall–Kier alpha value is -1.88. The zero-order chi connectivity index (χ0) is 13.4. The highest BCUT2D eigenvalue weighted by molar-refractivity contribution is 6.33. The van der Waals surface area contributed by atoms with E-state index in [2.05, 4.69) is 9.97 Å². The maximum absolute atomic E-state index is 10.9. The lowest BCUT2D eigenvalue weighted by Crippen LogP contribution is -2.14. The molecule has 0 saturated carbocycles. The van der Waals surface area contributed by atoms with Crippen LogP contribution in [0.15, 0.2) is 30.7 Å². The summed E-state index contributed by atoms with van der Waals surface area (Å²) in [5, 5.41) is 0.398. The van der Waals surface area contributed by atoms with Gasteiger partial charge in [0.2, 0.25) is 0 Å². The second-order valence-corrected chi connectivity index (χ2v) is 4.82. The van der Waals surface area contributed by atoms with Gasteiger partial charge in [-0.3, -0.25) is 4.79 Å². The molecule has 0 spiro atoms. The summed E-state index contributed by atoms with van der Waals surface area (Å²) in [7, 11) is 0. The Bertz CT molecular complexity index is 665. The van der Waals surface area contributed by atoms with Crippen LogP contribution in [0.3, 0.4) is 0 Å². The largest absolute Gasteiger partial charge is 0.458 e. The van der Waals surface area contributed by atoms with Crippen molar-refractivity contribution in [2.24, 2.45) is 0 Å². The molecule has 0 bridgehead atoms. The van der Waals surface area contributed by atoms with Crippen LogP contribution in [-0.2, 0) is 9.53 Å². The first-order valence-electron chi connectivity index (χ1n) is 5.98. The van der Waals surface area contributed by atoms with Crippen LogP contribution < -0.4 is 0 Å². The molecule has 0 N–H and O–H groups in total. The second-order valence-electron chi connectivity index (χ2n) is 4.46. The number of carbonyl (C=O) groups is 1. The van der Waals surface area contributed by atoms with Crippen LogP contribution in [0.25, 0.3) is 11.0 Å². The van der Waals surface area contributed by atoms with Crippen molar-refractivity contribution in [3.05, 3.63) is 35.9 Å². The average molecular weight is 278 g/mol. The highest BCUT2D eigenvalue weighted by Crippen LogP contribution is 2.29. The number of aromatic nitrogens is 3. The van der Waals surface area contributed by atoms with Gasteiger partial charge in [-0.15, -0.1) is 0 Å². The Kier molecular flexibility index (Phi) is 2.98. The summed E-state index contributed by atoms with van der Waals surface area (Å²) in [5.74, 6) is -0.266. The van der Waals surface area contributed by atoms with Crippen molar-refractivity contribution in [1.29, 1.82) is 0 Å². The molecular weight excluding hydrogens is 266 g/mol. The topological polar surface area (TPSA) is 57.0 Å². The van der Waals surface area contributed by atoms with Gasteiger partial charge in [0, 0.05) is 19.5 Å².